The number of hydrogen-bond donors (Lipinski definition) is 3. The Labute approximate surface area is 159 Å². The molecule has 3 rings (SSSR count). The van der Waals surface area contributed by atoms with Crippen LogP contribution in [-0.4, -0.2) is 34.3 Å². The molecule has 8 nitrogen and oxygen atoms in total. The van der Waals surface area contributed by atoms with Crippen molar-refractivity contribution in [3.63, 3.8) is 0 Å². The second kappa shape index (κ2) is 8.49. The maximum absolute atomic E-state index is 13.1. The minimum Gasteiger partial charge on any atom is -0.497 e. The number of hydrogen-bond acceptors (Lipinski definition) is 6. The molecule has 0 spiro atoms. The lowest BCUT2D eigenvalue weighted by atomic mass is 9.93. The summed E-state index contributed by atoms with van der Waals surface area (Å²) in [6.45, 7) is 4.82. The number of nitrogens with zero attached hydrogens (tertiary/aromatic N) is 3. The van der Waals surface area contributed by atoms with Crippen LogP contribution in [0.4, 0.5) is 0 Å². The Morgan fingerprint density at radius 3 is 2.93 bits per heavy atom. The van der Waals surface area contributed by atoms with Crippen LogP contribution < -0.4 is 20.9 Å². The van der Waals surface area contributed by atoms with E-state index in [0.29, 0.717) is 12.5 Å². The largest absolute Gasteiger partial charge is 0.497 e. The van der Waals surface area contributed by atoms with Crippen molar-refractivity contribution >= 4 is 5.91 Å². The molecule has 3 unspecified atom stereocenters. The number of rotatable bonds is 7. The molecule has 0 bridgehead atoms. The fourth-order valence-corrected chi connectivity index (χ4v) is 3.49. The standard InChI is InChI=1S/C19H28N6O2/c1-12(2)8-16(18-20-11-22-25(18)3)23-19(26)15-10-21-24-17(15)13-6-5-7-14(9-13)27-4/h5-7,9,11-12,15-17,21,24H,8,10H2,1-4H3,(H,23,26). The Kier molecular flexibility index (Phi) is 6.08. The van der Waals surface area contributed by atoms with Gasteiger partial charge in [0.15, 0.2) is 0 Å². The first kappa shape index (κ1) is 19.3. The monoisotopic (exact) mass is 372 g/mol. The highest BCUT2D eigenvalue weighted by Gasteiger charge is 2.35. The SMILES string of the molecule is COc1cccc(C2NNCC2C(=O)NC(CC(C)C)c2ncnn2C)c1. The molecule has 1 aromatic carbocycles. The van der Waals surface area contributed by atoms with Crippen molar-refractivity contribution in [1.82, 2.24) is 30.9 Å². The molecule has 1 fully saturated rings. The van der Waals surface area contributed by atoms with Gasteiger partial charge in [0.2, 0.25) is 5.91 Å². The molecular formula is C19H28N6O2. The summed E-state index contributed by atoms with van der Waals surface area (Å²) in [5.41, 5.74) is 7.34. The summed E-state index contributed by atoms with van der Waals surface area (Å²) in [5, 5.41) is 7.34. The van der Waals surface area contributed by atoms with E-state index < -0.39 is 0 Å². The quantitative estimate of drug-likeness (QED) is 0.682. The van der Waals surface area contributed by atoms with Crippen LogP contribution >= 0.6 is 0 Å². The molecule has 27 heavy (non-hydrogen) atoms. The summed E-state index contributed by atoms with van der Waals surface area (Å²) in [6, 6.07) is 7.50. The number of carbonyl (C=O) groups is 1. The van der Waals surface area contributed by atoms with Crippen LogP contribution in [0.15, 0.2) is 30.6 Å². The zero-order valence-corrected chi connectivity index (χ0v) is 16.3. The van der Waals surface area contributed by atoms with Gasteiger partial charge in [-0.25, -0.2) is 10.4 Å². The van der Waals surface area contributed by atoms with Crippen molar-refractivity contribution in [2.24, 2.45) is 18.9 Å². The normalized spacial score (nSPS) is 20.6. The van der Waals surface area contributed by atoms with Gasteiger partial charge in [0, 0.05) is 13.6 Å². The summed E-state index contributed by atoms with van der Waals surface area (Å²) >= 11 is 0. The van der Waals surface area contributed by atoms with E-state index in [0.717, 1.165) is 23.6 Å². The maximum atomic E-state index is 13.1. The smallest absolute Gasteiger partial charge is 0.227 e. The number of aryl methyl sites for hydroxylation is 1. The first-order valence-corrected chi connectivity index (χ1v) is 9.26. The number of benzene rings is 1. The average molecular weight is 372 g/mol. The first-order chi connectivity index (χ1) is 13.0. The molecule has 1 aliphatic heterocycles. The van der Waals surface area contributed by atoms with Gasteiger partial charge < -0.3 is 10.1 Å². The molecule has 0 aliphatic carbocycles. The van der Waals surface area contributed by atoms with Crippen molar-refractivity contribution in [3.8, 4) is 5.75 Å². The molecule has 1 aromatic heterocycles. The van der Waals surface area contributed by atoms with Crippen LogP contribution in [0.2, 0.25) is 0 Å². The number of amides is 1. The van der Waals surface area contributed by atoms with Crippen molar-refractivity contribution in [1.29, 1.82) is 0 Å². The molecule has 1 amide bonds. The van der Waals surface area contributed by atoms with Crippen LogP contribution in [-0.2, 0) is 11.8 Å². The zero-order valence-electron chi connectivity index (χ0n) is 16.3. The molecule has 1 aliphatic rings. The van der Waals surface area contributed by atoms with E-state index in [1.54, 1.807) is 11.8 Å². The number of hydrazine groups is 1. The fraction of sp³-hybridized carbons (Fsp3) is 0.526. The molecular weight excluding hydrogens is 344 g/mol. The molecule has 8 heteroatoms. The predicted molar refractivity (Wildman–Crippen MR) is 102 cm³/mol. The minimum absolute atomic E-state index is 0.00558. The summed E-state index contributed by atoms with van der Waals surface area (Å²) in [6.07, 6.45) is 2.32. The summed E-state index contributed by atoms with van der Waals surface area (Å²) < 4.78 is 7.03. The van der Waals surface area contributed by atoms with Gasteiger partial charge in [0.05, 0.1) is 25.1 Å². The summed E-state index contributed by atoms with van der Waals surface area (Å²) in [4.78, 5) is 17.4. The third kappa shape index (κ3) is 4.45. The van der Waals surface area contributed by atoms with Gasteiger partial charge in [-0.05, 0) is 30.0 Å². The number of aromatic nitrogens is 3. The van der Waals surface area contributed by atoms with Crippen molar-refractivity contribution in [3.05, 3.63) is 42.0 Å². The predicted octanol–water partition coefficient (Wildman–Crippen LogP) is 1.49. The Morgan fingerprint density at radius 2 is 2.26 bits per heavy atom. The highest BCUT2D eigenvalue weighted by Crippen LogP contribution is 2.29. The Morgan fingerprint density at radius 1 is 1.44 bits per heavy atom. The number of nitrogens with one attached hydrogen (secondary N) is 3. The first-order valence-electron chi connectivity index (χ1n) is 9.26. The van der Waals surface area contributed by atoms with Crippen LogP contribution in [0.1, 0.15) is 43.7 Å². The summed E-state index contributed by atoms with van der Waals surface area (Å²) in [5.74, 6) is 1.72. The minimum atomic E-state index is -0.236. The van der Waals surface area contributed by atoms with Gasteiger partial charge >= 0.3 is 0 Å². The molecule has 146 valence electrons. The van der Waals surface area contributed by atoms with E-state index in [4.69, 9.17) is 4.74 Å². The second-order valence-corrected chi connectivity index (χ2v) is 7.32. The van der Waals surface area contributed by atoms with Crippen LogP contribution in [0.3, 0.4) is 0 Å². The molecule has 1 saturated heterocycles. The number of methoxy groups -OCH3 is 1. The van der Waals surface area contributed by atoms with E-state index in [1.807, 2.05) is 31.3 Å². The Hall–Kier alpha value is -2.45. The van der Waals surface area contributed by atoms with Gasteiger partial charge in [-0.2, -0.15) is 5.10 Å². The Balaban J connectivity index is 1.77. The zero-order chi connectivity index (χ0) is 19.4. The van der Waals surface area contributed by atoms with Crippen molar-refractivity contribution < 1.29 is 9.53 Å². The van der Waals surface area contributed by atoms with Crippen molar-refractivity contribution in [2.45, 2.75) is 32.4 Å². The van der Waals surface area contributed by atoms with Crippen LogP contribution in [0, 0.1) is 11.8 Å². The molecule has 3 atom stereocenters. The Bertz CT molecular complexity index is 775. The van der Waals surface area contributed by atoms with E-state index in [1.165, 1.54) is 6.33 Å². The van der Waals surface area contributed by atoms with E-state index in [9.17, 15) is 4.79 Å². The fourth-order valence-electron chi connectivity index (χ4n) is 3.49. The maximum Gasteiger partial charge on any atom is 0.227 e. The summed E-state index contributed by atoms with van der Waals surface area (Å²) in [7, 11) is 3.49. The van der Waals surface area contributed by atoms with Crippen LogP contribution in [0.5, 0.6) is 5.75 Å². The van der Waals surface area contributed by atoms with Gasteiger partial charge in [-0.3, -0.25) is 14.9 Å². The number of ether oxygens (including phenoxy) is 1. The molecule has 0 radical (unpaired) electrons. The molecule has 2 heterocycles. The van der Waals surface area contributed by atoms with Crippen LogP contribution in [0.25, 0.3) is 0 Å². The van der Waals surface area contributed by atoms with Gasteiger partial charge in [-0.1, -0.05) is 26.0 Å². The third-order valence-electron chi connectivity index (χ3n) is 4.85. The highest BCUT2D eigenvalue weighted by atomic mass is 16.5. The molecule has 2 aromatic rings. The van der Waals surface area contributed by atoms with Gasteiger partial charge in [0.25, 0.3) is 0 Å². The lowest BCUT2D eigenvalue weighted by Crippen LogP contribution is -2.38. The van der Waals surface area contributed by atoms with Gasteiger partial charge in [0.1, 0.15) is 17.9 Å². The molecule has 3 N–H and O–H groups in total. The molecule has 0 saturated carbocycles. The average Bonchev–Trinajstić information content (AvgIpc) is 3.29. The number of carbonyl (C=O) groups excluding carboxylic acids is 1. The lowest BCUT2D eigenvalue weighted by molar-refractivity contribution is -0.125. The van der Waals surface area contributed by atoms with E-state index >= 15 is 0 Å². The van der Waals surface area contributed by atoms with Gasteiger partial charge in [-0.15, -0.1) is 0 Å². The van der Waals surface area contributed by atoms with E-state index in [-0.39, 0.29) is 23.9 Å². The second-order valence-electron chi connectivity index (χ2n) is 7.32. The van der Waals surface area contributed by atoms with E-state index in [2.05, 4.69) is 40.1 Å². The van der Waals surface area contributed by atoms with Crippen molar-refractivity contribution in [2.75, 3.05) is 13.7 Å². The lowest BCUT2D eigenvalue weighted by Gasteiger charge is -2.24. The topological polar surface area (TPSA) is 93.1 Å². The third-order valence-corrected chi connectivity index (χ3v) is 4.85. The highest BCUT2D eigenvalue weighted by molar-refractivity contribution is 5.80.